The number of aliphatic hydroxyl groups excluding tert-OH is 1. The van der Waals surface area contributed by atoms with Gasteiger partial charge in [0.05, 0.1) is 11.0 Å². The summed E-state index contributed by atoms with van der Waals surface area (Å²) in [6, 6.07) is 3.34. The highest BCUT2D eigenvalue weighted by Gasteiger charge is 2.39. The summed E-state index contributed by atoms with van der Waals surface area (Å²) >= 11 is 1.42. The van der Waals surface area contributed by atoms with E-state index in [-0.39, 0.29) is 29.9 Å². The Morgan fingerprint density at radius 3 is 2.82 bits per heavy atom. The van der Waals surface area contributed by atoms with Gasteiger partial charge in [0.25, 0.3) is 5.91 Å². The summed E-state index contributed by atoms with van der Waals surface area (Å²) in [7, 11) is 0. The van der Waals surface area contributed by atoms with Crippen LogP contribution < -0.4 is 0 Å². The second-order valence-corrected chi connectivity index (χ2v) is 7.16. The molecule has 6 heteroatoms. The number of likely N-dealkylation sites (tertiary alicyclic amines) is 2. The van der Waals surface area contributed by atoms with Crippen LogP contribution in [-0.2, 0) is 4.79 Å². The summed E-state index contributed by atoms with van der Waals surface area (Å²) in [4.78, 5) is 29.5. The maximum Gasteiger partial charge on any atom is 0.264 e. The van der Waals surface area contributed by atoms with E-state index in [1.807, 2.05) is 22.4 Å². The standard InChI is InChI=1S/C16H22N2O3S/c1-11(19)12-6-8-17(10-12)15(20)13-4-2-7-18(13)16(21)14-5-3-9-22-14/h3,5,9,11-13,19H,2,4,6-8,10H2,1H3/t11?,12?,13-/m0/s1. The third-order valence-corrected chi connectivity index (χ3v) is 5.61. The van der Waals surface area contributed by atoms with Crippen LogP contribution in [0.25, 0.3) is 0 Å². The van der Waals surface area contributed by atoms with E-state index in [1.54, 1.807) is 11.8 Å². The van der Waals surface area contributed by atoms with E-state index in [1.165, 1.54) is 11.3 Å². The molecule has 5 nitrogen and oxygen atoms in total. The minimum Gasteiger partial charge on any atom is -0.393 e. The van der Waals surface area contributed by atoms with Crippen molar-refractivity contribution in [1.82, 2.24) is 9.80 Å². The van der Waals surface area contributed by atoms with Crippen LogP contribution in [0.1, 0.15) is 35.9 Å². The first-order valence-electron chi connectivity index (χ1n) is 7.89. The van der Waals surface area contributed by atoms with Crippen molar-refractivity contribution in [3.63, 3.8) is 0 Å². The molecule has 2 fully saturated rings. The zero-order valence-electron chi connectivity index (χ0n) is 12.8. The second kappa shape index (κ2) is 6.38. The van der Waals surface area contributed by atoms with Crippen molar-refractivity contribution in [2.75, 3.05) is 19.6 Å². The molecule has 0 saturated carbocycles. The molecule has 1 aromatic rings. The average molecular weight is 322 g/mol. The second-order valence-electron chi connectivity index (χ2n) is 6.21. The molecular formula is C16H22N2O3S. The fourth-order valence-electron chi connectivity index (χ4n) is 3.40. The Morgan fingerprint density at radius 1 is 1.36 bits per heavy atom. The molecular weight excluding hydrogens is 300 g/mol. The third kappa shape index (κ3) is 2.90. The Kier molecular flexibility index (Phi) is 4.49. The molecule has 22 heavy (non-hydrogen) atoms. The van der Waals surface area contributed by atoms with Crippen molar-refractivity contribution in [2.24, 2.45) is 5.92 Å². The third-order valence-electron chi connectivity index (χ3n) is 4.75. The number of nitrogens with zero attached hydrogens (tertiary/aromatic N) is 2. The molecule has 3 rings (SSSR count). The smallest absolute Gasteiger partial charge is 0.264 e. The summed E-state index contributed by atoms with van der Waals surface area (Å²) in [6.07, 6.45) is 2.08. The number of hydrogen-bond donors (Lipinski definition) is 1. The Hall–Kier alpha value is -1.40. The molecule has 3 heterocycles. The Bertz CT molecular complexity index is 544. The van der Waals surface area contributed by atoms with Gasteiger partial charge in [-0.05, 0) is 37.6 Å². The number of carbonyl (C=O) groups is 2. The van der Waals surface area contributed by atoms with Gasteiger partial charge in [-0.2, -0.15) is 0 Å². The molecule has 1 aromatic heterocycles. The Balaban J connectivity index is 1.68. The van der Waals surface area contributed by atoms with E-state index in [0.29, 0.717) is 24.5 Å². The number of amides is 2. The summed E-state index contributed by atoms with van der Waals surface area (Å²) in [5.41, 5.74) is 0. The molecule has 2 amide bonds. The first-order valence-corrected chi connectivity index (χ1v) is 8.77. The molecule has 0 radical (unpaired) electrons. The maximum atomic E-state index is 12.8. The molecule has 0 spiro atoms. The lowest BCUT2D eigenvalue weighted by molar-refractivity contribution is -0.134. The van der Waals surface area contributed by atoms with E-state index in [2.05, 4.69) is 0 Å². The van der Waals surface area contributed by atoms with Gasteiger partial charge in [0, 0.05) is 25.6 Å². The topological polar surface area (TPSA) is 60.9 Å². The lowest BCUT2D eigenvalue weighted by Crippen LogP contribution is -2.47. The minimum absolute atomic E-state index is 0.0304. The molecule has 2 saturated heterocycles. The van der Waals surface area contributed by atoms with Gasteiger partial charge in [-0.3, -0.25) is 9.59 Å². The van der Waals surface area contributed by atoms with Gasteiger partial charge in [0.2, 0.25) is 5.91 Å². The van der Waals surface area contributed by atoms with Gasteiger partial charge in [-0.15, -0.1) is 11.3 Å². The predicted molar refractivity (Wildman–Crippen MR) is 84.7 cm³/mol. The van der Waals surface area contributed by atoms with Crippen LogP contribution in [0.5, 0.6) is 0 Å². The highest BCUT2D eigenvalue weighted by atomic mass is 32.1. The number of aliphatic hydroxyl groups is 1. The quantitative estimate of drug-likeness (QED) is 0.919. The fourth-order valence-corrected chi connectivity index (χ4v) is 4.08. The first kappa shape index (κ1) is 15.5. The summed E-state index contributed by atoms with van der Waals surface area (Å²) in [6.45, 7) is 3.72. The van der Waals surface area contributed by atoms with Crippen molar-refractivity contribution < 1.29 is 14.7 Å². The van der Waals surface area contributed by atoms with Gasteiger partial charge in [0.1, 0.15) is 6.04 Å². The lowest BCUT2D eigenvalue weighted by atomic mass is 10.0. The van der Waals surface area contributed by atoms with Crippen molar-refractivity contribution in [3.05, 3.63) is 22.4 Å². The summed E-state index contributed by atoms with van der Waals surface area (Å²) in [5.74, 6) is 0.175. The molecule has 0 aliphatic carbocycles. The molecule has 2 aliphatic rings. The highest BCUT2D eigenvalue weighted by Crippen LogP contribution is 2.27. The SMILES string of the molecule is CC(O)C1CCN(C(=O)[C@@H]2CCCN2C(=O)c2cccs2)C1. The van der Waals surface area contributed by atoms with Gasteiger partial charge < -0.3 is 14.9 Å². The van der Waals surface area contributed by atoms with Crippen molar-refractivity contribution in [2.45, 2.75) is 38.3 Å². The van der Waals surface area contributed by atoms with Crippen LogP contribution in [0.4, 0.5) is 0 Å². The highest BCUT2D eigenvalue weighted by molar-refractivity contribution is 7.12. The molecule has 3 atom stereocenters. The van der Waals surface area contributed by atoms with E-state index >= 15 is 0 Å². The molecule has 0 aromatic carbocycles. The number of thiophene rings is 1. The maximum absolute atomic E-state index is 12.8. The van der Waals surface area contributed by atoms with Crippen LogP contribution in [-0.4, -0.2) is 58.5 Å². The predicted octanol–water partition coefficient (Wildman–Crippen LogP) is 1.58. The van der Waals surface area contributed by atoms with Gasteiger partial charge in [0.15, 0.2) is 0 Å². The lowest BCUT2D eigenvalue weighted by Gasteiger charge is -2.28. The average Bonchev–Trinajstić information content (AvgIpc) is 3.25. The monoisotopic (exact) mass is 322 g/mol. The molecule has 0 bridgehead atoms. The van der Waals surface area contributed by atoms with Crippen LogP contribution in [0, 0.1) is 5.92 Å². The molecule has 2 aliphatic heterocycles. The number of carbonyl (C=O) groups excluding carboxylic acids is 2. The van der Waals surface area contributed by atoms with Gasteiger partial charge >= 0.3 is 0 Å². The minimum atomic E-state index is -0.384. The molecule has 120 valence electrons. The summed E-state index contributed by atoms with van der Waals surface area (Å²) < 4.78 is 0. The van der Waals surface area contributed by atoms with E-state index in [9.17, 15) is 14.7 Å². The Labute approximate surface area is 134 Å². The van der Waals surface area contributed by atoms with Crippen LogP contribution in [0.15, 0.2) is 17.5 Å². The number of hydrogen-bond acceptors (Lipinski definition) is 4. The van der Waals surface area contributed by atoms with Crippen molar-refractivity contribution in [3.8, 4) is 0 Å². The van der Waals surface area contributed by atoms with Crippen LogP contribution >= 0.6 is 11.3 Å². The number of rotatable bonds is 3. The van der Waals surface area contributed by atoms with Crippen LogP contribution in [0.2, 0.25) is 0 Å². The zero-order valence-corrected chi connectivity index (χ0v) is 13.6. The van der Waals surface area contributed by atoms with Crippen molar-refractivity contribution in [1.29, 1.82) is 0 Å². The molecule has 1 N–H and O–H groups in total. The van der Waals surface area contributed by atoms with Gasteiger partial charge in [-0.25, -0.2) is 0 Å². The zero-order chi connectivity index (χ0) is 15.7. The summed E-state index contributed by atoms with van der Waals surface area (Å²) in [5, 5.41) is 11.6. The molecule has 2 unspecified atom stereocenters. The van der Waals surface area contributed by atoms with E-state index in [0.717, 1.165) is 19.3 Å². The van der Waals surface area contributed by atoms with E-state index in [4.69, 9.17) is 0 Å². The Morgan fingerprint density at radius 2 is 2.18 bits per heavy atom. The fraction of sp³-hybridized carbons (Fsp3) is 0.625. The van der Waals surface area contributed by atoms with E-state index < -0.39 is 0 Å². The van der Waals surface area contributed by atoms with Gasteiger partial charge in [-0.1, -0.05) is 6.07 Å². The first-order chi connectivity index (χ1) is 10.6. The van der Waals surface area contributed by atoms with Crippen LogP contribution in [0.3, 0.4) is 0 Å². The largest absolute Gasteiger partial charge is 0.393 e. The normalized spacial score (nSPS) is 26.5. The van der Waals surface area contributed by atoms with Crippen molar-refractivity contribution >= 4 is 23.2 Å².